The molecule has 19 heavy (non-hydrogen) atoms. The van der Waals surface area contributed by atoms with Gasteiger partial charge in [0.2, 0.25) is 0 Å². The average Bonchev–Trinajstić information content (AvgIpc) is 2.77. The van der Waals surface area contributed by atoms with Crippen molar-refractivity contribution in [2.45, 2.75) is 25.8 Å². The van der Waals surface area contributed by atoms with Crippen molar-refractivity contribution in [3.63, 3.8) is 0 Å². The lowest BCUT2D eigenvalue weighted by Crippen LogP contribution is -2.08. The van der Waals surface area contributed by atoms with E-state index in [0.29, 0.717) is 13.2 Å². The molecule has 2 rings (SSSR count). The normalized spacial score (nSPS) is 12.8. The summed E-state index contributed by atoms with van der Waals surface area (Å²) in [6.45, 7) is 5.87. The van der Waals surface area contributed by atoms with Gasteiger partial charge < -0.3 is 14.0 Å². The Morgan fingerprint density at radius 2 is 2.21 bits per heavy atom. The zero-order valence-corrected chi connectivity index (χ0v) is 12.3. The van der Waals surface area contributed by atoms with Gasteiger partial charge in [0.25, 0.3) is 0 Å². The molecule has 104 valence electrons. The van der Waals surface area contributed by atoms with Gasteiger partial charge in [-0.2, -0.15) is 0 Å². The number of benzene rings is 1. The van der Waals surface area contributed by atoms with E-state index in [9.17, 15) is 0 Å². The molecule has 0 fully saturated rings. The zero-order chi connectivity index (χ0) is 13.8. The molecule has 0 amide bonds. The molecule has 1 aromatic heterocycles. The maximum atomic E-state index is 6.22. The summed E-state index contributed by atoms with van der Waals surface area (Å²) in [4.78, 5) is 4.63. The first kappa shape index (κ1) is 14.2. The molecule has 1 heterocycles. The minimum Gasteiger partial charge on any atom is -0.492 e. The summed E-state index contributed by atoms with van der Waals surface area (Å²) in [5.74, 6) is 1.65. The Morgan fingerprint density at radius 3 is 2.84 bits per heavy atom. The summed E-state index contributed by atoms with van der Waals surface area (Å²) >= 11 is 6.22. The molecule has 1 atom stereocenters. The quantitative estimate of drug-likeness (QED) is 0.762. The lowest BCUT2D eigenvalue weighted by atomic mass is 10.3. The van der Waals surface area contributed by atoms with E-state index >= 15 is 0 Å². The van der Waals surface area contributed by atoms with Crippen molar-refractivity contribution < 1.29 is 9.47 Å². The second kappa shape index (κ2) is 6.26. The molecule has 1 unspecified atom stereocenters. The third kappa shape index (κ3) is 2.85. The summed E-state index contributed by atoms with van der Waals surface area (Å²) in [5, 5.41) is -0.154. The van der Waals surface area contributed by atoms with Crippen LogP contribution in [-0.2, 0) is 11.3 Å². The van der Waals surface area contributed by atoms with Crippen LogP contribution in [0.1, 0.15) is 25.0 Å². The molecule has 0 radical (unpaired) electrons. The number of hydrogen-bond acceptors (Lipinski definition) is 3. The van der Waals surface area contributed by atoms with Crippen LogP contribution >= 0.6 is 11.6 Å². The minimum absolute atomic E-state index is 0.154. The van der Waals surface area contributed by atoms with Crippen molar-refractivity contribution in [1.82, 2.24) is 9.55 Å². The van der Waals surface area contributed by atoms with Crippen LogP contribution in [0.2, 0.25) is 0 Å². The van der Waals surface area contributed by atoms with Gasteiger partial charge in [-0.15, -0.1) is 11.6 Å². The highest BCUT2D eigenvalue weighted by molar-refractivity contribution is 6.20. The first-order valence-corrected chi connectivity index (χ1v) is 6.87. The minimum atomic E-state index is -0.154. The van der Waals surface area contributed by atoms with Gasteiger partial charge in [-0.05, 0) is 26.0 Å². The number of ether oxygens (including phenoxy) is 2. The maximum absolute atomic E-state index is 6.22. The fourth-order valence-corrected chi connectivity index (χ4v) is 2.30. The number of methoxy groups -OCH3 is 1. The van der Waals surface area contributed by atoms with Crippen molar-refractivity contribution in [3.8, 4) is 5.75 Å². The molecule has 0 bridgehead atoms. The molecule has 0 aliphatic carbocycles. The molecule has 0 aliphatic heterocycles. The van der Waals surface area contributed by atoms with E-state index in [1.54, 1.807) is 7.11 Å². The predicted octanol–water partition coefficient (Wildman–Crippen LogP) is 3.38. The lowest BCUT2D eigenvalue weighted by Gasteiger charge is -2.09. The Morgan fingerprint density at radius 1 is 1.42 bits per heavy atom. The number of fused-ring (bicyclic) bond motifs is 1. The number of nitrogens with zero attached hydrogens (tertiary/aromatic N) is 2. The van der Waals surface area contributed by atoms with Crippen LogP contribution < -0.4 is 4.74 Å². The smallest absolute Gasteiger partial charge is 0.147 e. The van der Waals surface area contributed by atoms with E-state index in [4.69, 9.17) is 21.1 Å². The summed E-state index contributed by atoms with van der Waals surface area (Å²) in [5.41, 5.74) is 1.90. The summed E-state index contributed by atoms with van der Waals surface area (Å²) in [6, 6.07) is 5.94. The number of hydrogen-bond donors (Lipinski definition) is 0. The van der Waals surface area contributed by atoms with Crippen LogP contribution in [0.25, 0.3) is 11.0 Å². The molecule has 0 spiro atoms. The summed E-state index contributed by atoms with van der Waals surface area (Å²) in [7, 11) is 1.69. The largest absolute Gasteiger partial charge is 0.492 e. The van der Waals surface area contributed by atoms with Crippen molar-refractivity contribution in [2.24, 2.45) is 0 Å². The fraction of sp³-hybridized carbons (Fsp3) is 0.500. The third-order valence-corrected chi connectivity index (χ3v) is 3.14. The second-order valence-corrected chi connectivity index (χ2v) is 4.94. The lowest BCUT2D eigenvalue weighted by molar-refractivity contribution is 0.187. The van der Waals surface area contributed by atoms with Crippen LogP contribution in [0, 0.1) is 0 Å². The number of imidazole rings is 1. The molecule has 5 heteroatoms. The molecule has 4 nitrogen and oxygen atoms in total. The highest BCUT2D eigenvalue weighted by Crippen LogP contribution is 2.30. The molecule has 0 N–H and O–H groups in total. The van der Waals surface area contributed by atoms with Gasteiger partial charge in [-0.1, -0.05) is 6.07 Å². The van der Waals surface area contributed by atoms with E-state index in [-0.39, 0.29) is 5.38 Å². The number of para-hydroxylation sites is 1. The van der Waals surface area contributed by atoms with Crippen molar-refractivity contribution in [2.75, 3.05) is 20.3 Å². The van der Waals surface area contributed by atoms with E-state index in [1.807, 2.05) is 32.0 Å². The molecule has 0 saturated heterocycles. The topological polar surface area (TPSA) is 36.3 Å². The Balaban J connectivity index is 2.55. The van der Waals surface area contributed by atoms with Crippen LogP contribution in [-0.4, -0.2) is 29.9 Å². The molecule has 1 aromatic carbocycles. The molecule has 0 aliphatic rings. The van der Waals surface area contributed by atoms with Gasteiger partial charge in [0.15, 0.2) is 0 Å². The van der Waals surface area contributed by atoms with Gasteiger partial charge in [-0.3, -0.25) is 0 Å². The Bertz CT molecular complexity index is 552. The number of rotatable bonds is 6. The first-order chi connectivity index (χ1) is 9.19. The third-order valence-electron chi connectivity index (χ3n) is 2.95. The van der Waals surface area contributed by atoms with Crippen LogP contribution in [0.4, 0.5) is 0 Å². The SMILES string of the molecule is CCOc1cccc2c1nc(C(C)Cl)n2CCOC. The predicted molar refractivity (Wildman–Crippen MR) is 77.0 cm³/mol. The van der Waals surface area contributed by atoms with E-state index < -0.39 is 0 Å². The van der Waals surface area contributed by atoms with Crippen molar-refractivity contribution in [3.05, 3.63) is 24.0 Å². The highest BCUT2D eigenvalue weighted by atomic mass is 35.5. The maximum Gasteiger partial charge on any atom is 0.147 e. The molecular weight excluding hydrogens is 264 g/mol. The Kier molecular flexibility index (Phi) is 4.66. The van der Waals surface area contributed by atoms with Gasteiger partial charge in [0.1, 0.15) is 17.1 Å². The fourth-order valence-electron chi connectivity index (χ4n) is 2.13. The summed E-state index contributed by atoms with van der Waals surface area (Å²) < 4.78 is 12.9. The van der Waals surface area contributed by atoms with E-state index in [2.05, 4.69) is 9.55 Å². The molecule has 0 saturated carbocycles. The van der Waals surface area contributed by atoms with Crippen LogP contribution in [0.3, 0.4) is 0 Å². The standard InChI is InChI=1S/C14H19ClN2O2/c1-4-19-12-7-5-6-11-13(12)16-14(10(2)15)17(11)8-9-18-3/h5-7,10H,4,8-9H2,1-3H3. The van der Waals surface area contributed by atoms with Crippen molar-refractivity contribution >= 4 is 22.6 Å². The van der Waals surface area contributed by atoms with Gasteiger partial charge in [-0.25, -0.2) is 4.98 Å². The molecular formula is C14H19ClN2O2. The van der Waals surface area contributed by atoms with Crippen LogP contribution in [0.15, 0.2) is 18.2 Å². The van der Waals surface area contributed by atoms with E-state index in [0.717, 1.165) is 29.2 Å². The molecule has 2 aromatic rings. The number of halogens is 1. The Hall–Kier alpha value is -1.26. The van der Waals surface area contributed by atoms with Gasteiger partial charge >= 0.3 is 0 Å². The number of alkyl halides is 1. The summed E-state index contributed by atoms with van der Waals surface area (Å²) in [6.07, 6.45) is 0. The zero-order valence-electron chi connectivity index (χ0n) is 11.5. The van der Waals surface area contributed by atoms with Gasteiger partial charge in [0.05, 0.1) is 24.1 Å². The van der Waals surface area contributed by atoms with Crippen molar-refractivity contribution in [1.29, 1.82) is 0 Å². The second-order valence-electron chi connectivity index (χ2n) is 4.29. The average molecular weight is 283 g/mol. The van der Waals surface area contributed by atoms with Crippen LogP contribution in [0.5, 0.6) is 5.75 Å². The number of aromatic nitrogens is 2. The Labute approximate surface area is 118 Å². The highest BCUT2D eigenvalue weighted by Gasteiger charge is 2.17. The van der Waals surface area contributed by atoms with E-state index in [1.165, 1.54) is 0 Å². The van der Waals surface area contributed by atoms with Gasteiger partial charge in [0, 0.05) is 13.7 Å². The monoisotopic (exact) mass is 282 g/mol. The first-order valence-electron chi connectivity index (χ1n) is 6.44.